The molecule has 0 atom stereocenters. The summed E-state index contributed by atoms with van der Waals surface area (Å²) < 4.78 is 12.5. The Labute approximate surface area is 122 Å². The van der Waals surface area contributed by atoms with Crippen molar-refractivity contribution < 1.29 is 9.47 Å². The zero-order valence-corrected chi connectivity index (χ0v) is 12.1. The van der Waals surface area contributed by atoms with E-state index < -0.39 is 0 Å². The monoisotopic (exact) mass is 284 g/mol. The van der Waals surface area contributed by atoms with Crippen molar-refractivity contribution >= 4 is 11.3 Å². The number of nitrogens with two attached hydrogens (primary N) is 1. The Balaban J connectivity index is 2.27. The number of methoxy groups -OCH3 is 2. The number of hydrogen-bond acceptors (Lipinski definition) is 5. The Kier molecular flexibility index (Phi) is 3.13. The molecule has 0 spiro atoms. The Hall–Kier alpha value is -2.76. The number of aromatic nitrogens is 3. The number of nitrogens with zero attached hydrogens (tertiary/aromatic N) is 3. The highest BCUT2D eigenvalue weighted by atomic mass is 16.5. The van der Waals surface area contributed by atoms with Gasteiger partial charge in [-0.2, -0.15) is 0 Å². The van der Waals surface area contributed by atoms with Gasteiger partial charge in [-0.15, -0.1) is 10.2 Å². The first-order chi connectivity index (χ1) is 10.1. The first-order valence-corrected chi connectivity index (χ1v) is 6.47. The minimum absolute atomic E-state index is 0.693. The second kappa shape index (κ2) is 4.97. The van der Waals surface area contributed by atoms with Gasteiger partial charge in [-0.1, -0.05) is 0 Å². The molecule has 2 N–H and O–H groups in total. The molecule has 0 aliphatic heterocycles. The molecule has 0 fully saturated rings. The van der Waals surface area contributed by atoms with Crippen molar-refractivity contribution in [2.75, 3.05) is 20.0 Å². The lowest BCUT2D eigenvalue weighted by molar-refractivity contribution is 0.394. The van der Waals surface area contributed by atoms with E-state index in [1.54, 1.807) is 14.2 Å². The van der Waals surface area contributed by atoms with Gasteiger partial charge in [0.15, 0.2) is 11.5 Å². The zero-order chi connectivity index (χ0) is 15.0. The Morgan fingerprint density at radius 3 is 2.29 bits per heavy atom. The zero-order valence-electron chi connectivity index (χ0n) is 12.1. The fourth-order valence-corrected chi connectivity index (χ4v) is 2.27. The molecule has 6 nitrogen and oxygen atoms in total. The first-order valence-electron chi connectivity index (χ1n) is 6.47. The van der Waals surface area contributed by atoms with Crippen LogP contribution in [0.4, 0.5) is 5.69 Å². The number of fused-ring (bicyclic) bond motifs is 1. The van der Waals surface area contributed by atoms with Gasteiger partial charge in [-0.3, -0.25) is 4.40 Å². The number of nitrogen functional groups attached to an aromatic ring is 1. The summed E-state index contributed by atoms with van der Waals surface area (Å²) in [5, 5.41) is 8.45. The molecule has 0 bridgehead atoms. The maximum Gasteiger partial charge on any atom is 0.168 e. The minimum atomic E-state index is 0.693. The first kappa shape index (κ1) is 13.2. The highest BCUT2D eigenvalue weighted by Crippen LogP contribution is 2.30. The van der Waals surface area contributed by atoms with Crippen LogP contribution in [0.5, 0.6) is 11.5 Å². The van der Waals surface area contributed by atoms with Crippen LogP contribution in [-0.2, 0) is 0 Å². The standard InChI is InChI=1S/C15H16N4O2/c1-9-13(16)4-5-14-17-18-15(19(9)14)10-6-11(20-2)8-12(7-10)21-3/h4-8H,16H2,1-3H3. The molecule has 3 aromatic rings. The van der Waals surface area contributed by atoms with Gasteiger partial charge >= 0.3 is 0 Å². The van der Waals surface area contributed by atoms with Gasteiger partial charge in [-0.05, 0) is 31.2 Å². The molecule has 0 unspecified atom stereocenters. The molecule has 2 heterocycles. The van der Waals surface area contributed by atoms with Crippen LogP contribution in [0.15, 0.2) is 30.3 Å². The van der Waals surface area contributed by atoms with Crippen LogP contribution in [-0.4, -0.2) is 28.8 Å². The quantitative estimate of drug-likeness (QED) is 0.798. The fourth-order valence-electron chi connectivity index (χ4n) is 2.27. The molecule has 3 rings (SSSR count). The van der Waals surface area contributed by atoms with Crippen molar-refractivity contribution in [3.63, 3.8) is 0 Å². The maximum atomic E-state index is 5.98. The van der Waals surface area contributed by atoms with Crippen LogP contribution < -0.4 is 15.2 Å². The lowest BCUT2D eigenvalue weighted by atomic mass is 10.2. The van der Waals surface area contributed by atoms with Crippen molar-refractivity contribution in [1.82, 2.24) is 14.6 Å². The van der Waals surface area contributed by atoms with E-state index in [0.717, 1.165) is 16.9 Å². The smallest absolute Gasteiger partial charge is 0.168 e. The highest BCUT2D eigenvalue weighted by Gasteiger charge is 2.13. The van der Waals surface area contributed by atoms with E-state index in [-0.39, 0.29) is 0 Å². The van der Waals surface area contributed by atoms with Crippen LogP contribution in [0.3, 0.4) is 0 Å². The Morgan fingerprint density at radius 1 is 1.00 bits per heavy atom. The van der Waals surface area contributed by atoms with Gasteiger partial charge in [0.25, 0.3) is 0 Å². The van der Waals surface area contributed by atoms with E-state index in [2.05, 4.69) is 10.2 Å². The van der Waals surface area contributed by atoms with Crippen molar-refractivity contribution in [1.29, 1.82) is 0 Å². The molecule has 0 aliphatic carbocycles. The molecule has 0 saturated heterocycles. The van der Waals surface area contributed by atoms with E-state index in [1.165, 1.54) is 0 Å². The largest absolute Gasteiger partial charge is 0.497 e. The minimum Gasteiger partial charge on any atom is -0.497 e. The molecule has 6 heteroatoms. The van der Waals surface area contributed by atoms with Crippen LogP contribution in [0.25, 0.3) is 17.0 Å². The van der Waals surface area contributed by atoms with Crippen molar-refractivity contribution in [2.24, 2.45) is 0 Å². The number of aryl methyl sites for hydroxylation is 1. The summed E-state index contributed by atoms with van der Waals surface area (Å²) in [6.45, 7) is 1.94. The molecule has 21 heavy (non-hydrogen) atoms. The average Bonchev–Trinajstić information content (AvgIpc) is 2.95. The van der Waals surface area contributed by atoms with Gasteiger partial charge in [-0.25, -0.2) is 0 Å². The van der Waals surface area contributed by atoms with E-state index in [0.29, 0.717) is 23.0 Å². The fraction of sp³-hybridized carbons (Fsp3) is 0.200. The number of hydrogen-bond donors (Lipinski definition) is 1. The third-order valence-corrected chi connectivity index (χ3v) is 3.46. The maximum absolute atomic E-state index is 5.98. The van der Waals surface area contributed by atoms with Crippen LogP contribution in [0, 0.1) is 6.92 Å². The van der Waals surface area contributed by atoms with Gasteiger partial charge < -0.3 is 15.2 Å². The van der Waals surface area contributed by atoms with Crippen LogP contribution in [0.1, 0.15) is 5.69 Å². The molecule has 0 radical (unpaired) electrons. The van der Waals surface area contributed by atoms with Gasteiger partial charge in [0.05, 0.1) is 19.9 Å². The number of ether oxygens (including phenoxy) is 2. The van der Waals surface area contributed by atoms with E-state index in [4.69, 9.17) is 15.2 Å². The summed E-state index contributed by atoms with van der Waals surface area (Å²) >= 11 is 0. The number of rotatable bonds is 3. The van der Waals surface area contributed by atoms with E-state index >= 15 is 0 Å². The van der Waals surface area contributed by atoms with Crippen molar-refractivity contribution in [2.45, 2.75) is 6.92 Å². The summed E-state index contributed by atoms with van der Waals surface area (Å²) in [6, 6.07) is 9.27. The summed E-state index contributed by atoms with van der Waals surface area (Å²) in [5.41, 5.74) is 9.17. The second-order valence-corrected chi connectivity index (χ2v) is 4.69. The highest BCUT2D eigenvalue weighted by molar-refractivity contribution is 5.66. The summed E-state index contributed by atoms with van der Waals surface area (Å²) in [4.78, 5) is 0. The molecule has 1 aromatic carbocycles. The van der Waals surface area contributed by atoms with Crippen molar-refractivity contribution in [3.8, 4) is 22.9 Å². The normalized spacial score (nSPS) is 10.8. The SMILES string of the molecule is COc1cc(OC)cc(-c2nnc3ccc(N)c(C)n23)c1. The Morgan fingerprint density at radius 2 is 1.67 bits per heavy atom. The summed E-state index contributed by atoms with van der Waals surface area (Å²) in [6.07, 6.45) is 0. The predicted molar refractivity (Wildman–Crippen MR) is 80.7 cm³/mol. The van der Waals surface area contributed by atoms with Crippen molar-refractivity contribution in [3.05, 3.63) is 36.0 Å². The lowest BCUT2D eigenvalue weighted by Crippen LogP contribution is -2.00. The van der Waals surface area contributed by atoms with Gasteiger partial charge in [0, 0.05) is 17.3 Å². The summed E-state index contributed by atoms with van der Waals surface area (Å²) in [5.74, 6) is 2.09. The predicted octanol–water partition coefficient (Wildman–Crippen LogP) is 2.30. The summed E-state index contributed by atoms with van der Waals surface area (Å²) in [7, 11) is 3.23. The van der Waals surface area contributed by atoms with Gasteiger partial charge in [0.2, 0.25) is 0 Å². The van der Waals surface area contributed by atoms with Gasteiger partial charge in [0.1, 0.15) is 11.5 Å². The topological polar surface area (TPSA) is 74.7 Å². The third-order valence-electron chi connectivity index (χ3n) is 3.46. The lowest BCUT2D eigenvalue weighted by Gasteiger charge is -2.09. The Bertz CT molecular complexity index is 789. The average molecular weight is 284 g/mol. The number of anilines is 1. The molecule has 0 amide bonds. The molecule has 0 aliphatic rings. The number of benzene rings is 1. The van der Waals surface area contributed by atoms with Crippen LogP contribution in [0.2, 0.25) is 0 Å². The molecular weight excluding hydrogens is 268 g/mol. The molecule has 0 saturated carbocycles. The second-order valence-electron chi connectivity index (χ2n) is 4.69. The van der Waals surface area contributed by atoms with E-state index in [9.17, 15) is 0 Å². The number of pyridine rings is 1. The van der Waals surface area contributed by atoms with E-state index in [1.807, 2.05) is 41.7 Å². The molecular formula is C15H16N4O2. The molecule has 2 aromatic heterocycles. The molecule has 108 valence electrons. The third kappa shape index (κ3) is 2.14. The van der Waals surface area contributed by atoms with Crippen LogP contribution >= 0.6 is 0 Å².